The summed E-state index contributed by atoms with van der Waals surface area (Å²) in [5.74, 6) is 0.669. The zero-order valence-corrected chi connectivity index (χ0v) is 20.4. The lowest BCUT2D eigenvalue weighted by Crippen LogP contribution is -2.23. The Hall–Kier alpha value is -4.90. The summed E-state index contributed by atoms with van der Waals surface area (Å²) < 4.78 is 3.18. The number of aromatic hydroxyl groups is 1. The number of hydrogen-bond acceptors (Lipinski definition) is 6. The molecule has 0 bridgehead atoms. The molecule has 0 unspecified atom stereocenters. The van der Waals surface area contributed by atoms with Gasteiger partial charge in [0, 0.05) is 28.0 Å². The fourth-order valence-electron chi connectivity index (χ4n) is 4.83. The SMILES string of the molecule is O=C(O)Nc1ccc(-c2cnc([C@@H]3CCc4cc(-c5cc(Cl)ccc5-n5cnc(O)n5)cc(=O)n43)[nH]2)cc1. The third-order valence-corrected chi connectivity index (χ3v) is 6.72. The molecule has 2 aromatic carbocycles. The van der Waals surface area contributed by atoms with Gasteiger partial charge in [-0.3, -0.25) is 10.1 Å². The number of nitrogens with one attached hydrogen (secondary N) is 2. The van der Waals surface area contributed by atoms with Crippen LogP contribution >= 0.6 is 11.6 Å². The molecule has 0 aliphatic carbocycles. The summed E-state index contributed by atoms with van der Waals surface area (Å²) in [5.41, 5.74) is 4.77. The molecule has 4 heterocycles. The zero-order valence-electron chi connectivity index (χ0n) is 19.7. The summed E-state index contributed by atoms with van der Waals surface area (Å²) in [6, 6.07) is 15.1. The Bertz CT molecular complexity index is 1740. The molecule has 0 radical (unpaired) electrons. The van der Waals surface area contributed by atoms with Crippen molar-refractivity contribution in [2.24, 2.45) is 0 Å². The first-order chi connectivity index (χ1) is 18.4. The van der Waals surface area contributed by atoms with E-state index in [9.17, 15) is 14.7 Å². The van der Waals surface area contributed by atoms with Gasteiger partial charge >= 0.3 is 12.1 Å². The van der Waals surface area contributed by atoms with E-state index >= 15 is 0 Å². The van der Waals surface area contributed by atoms with E-state index in [-0.39, 0.29) is 17.6 Å². The van der Waals surface area contributed by atoms with Gasteiger partial charge in [-0.2, -0.15) is 4.98 Å². The molecule has 0 saturated heterocycles. The molecule has 190 valence electrons. The first-order valence-corrected chi connectivity index (χ1v) is 12.1. The van der Waals surface area contributed by atoms with Crippen LogP contribution in [0.1, 0.15) is 24.0 Å². The van der Waals surface area contributed by atoms with Gasteiger partial charge in [0.1, 0.15) is 12.2 Å². The number of amides is 1. The summed E-state index contributed by atoms with van der Waals surface area (Å²) in [6.45, 7) is 0. The summed E-state index contributed by atoms with van der Waals surface area (Å²) in [5, 5.41) is 25.3. The normalized spacial score (nSPS) is 14.4. The molecule has 4 N–H and O–H groups in total. The maximum atomic E-state index is 13.4. The Morgan fingerprint density at radius 3 is 2.63 bits per heavy atom. The molecule has 1 aliphatic rings. The number of rotatable bonds is 5. The van der Waals surface area contributed by atoms with Crippen molar-refractivity contribution < 1.29 is 15.0 Å². The van der Waals surface area contributed by atoms with Crippen molar-refractivity contribution in [2.45, 2.75) is 18.9 Å². The van der Waals surface area contributed by atoms with E-state index in [1.807, 2.05) is 6.07 Å². The largest absolute Gasteiger partial charge is 0.478 e. The van der Waals surface area contributed by atoms with Crippen molar-refractivity contribution in [1.29, 1.82) is 0 Å². The second-order valence-corrected chi connectivity index (χ2v) is 9.27. The quantitative estimate of drug-likeness (QED) is 0.262. The standard InChI is InChI=1S/C26H20ClN7O4/c27-16-3-7-21(33-13-29-25(36)32-33)19(11-16)15-9-18-6-8-22(34(18)23(35)10-15)24-28-12-20(31-24)14-1-4-17(5-2-14)30-26(37)38/h1-5,7,9-13,22,30H,6,8H2,(H,28,31)(H,32,36)(H,37,38)/t22-/m0/s1. The van der Waals surface area contributed by atoms with Crippen LogP contribution < -0.4 is 10.9 Å². The smallest absolute Gasteiger partial charge is 0.409 e. The van der Waals surface area contributed by atoms with E-state index in [0.717, 1.165) is 17.0 Å². The highest BCUT2D eigenvalue weighted by Crippen LogP contribution is 2.34. The first kappa shape index (κ1) is 23.5. The Labute approximate surface area is 220 Å². The van der Waals surface area contributed by atoms with Gasteiger partial charge < -0.3 is 19.8 Å². The monoisotopic (exact) mass is 529 g/mol. The topological polar surface area (TPSA) is 151 Å². The number of aromatic amines is 1. The number of hydrogen-bond donors (Lipinski definition) is 4. The molecule has 12 heteroatoms. The highest BCUT2D eigenvalue weighted by atomic mass is 35.5. The average molecular weight is 530 g/mol. The predicted molar refractivity (Wildman–Crippen MR) is 140 cm³/mol. The lowest BCUT2D eigenvalue weighted by molar-refractivity contribution is 0.209. The van der Waals surface area contributed by atoms with Gasteiger partial charge in [0.25, 0.3) is 5.56 Å². The maximum Gasteiger partial charge on any atom is 0.409 e. The molecular weight excluding hydrogens is 510 g/mol. The number of pyridine rings is 1. The minimum atomic E-state index is -1.13. The molecule has 6 rings (SSSR count). The van der Waals surface area contributed by atoms with Crippen molar-refractivity contribution in [3.8, 4) is 34.1 Å². The average Bonchev–Trinajstić information content (AvgIpc) is 3.64. The molecule has 5 aromatic rings. The fraction of sp³-hybridized carbons (Fsp3) is 0.115. The second kappa shape index (κ2) is 9.20. The van der Waals surface area contributed by atoms with Crippen LogP contribution in [0.4, 0.5) is 10.5 Å². The third kappa shape index (κ3) is 4.28. The molecule has 0 spiro atoms. The number of aryl methyl sites for hydroxylation is 1. The number of anilines is 1. The van der Waals surface area contributed by atoms with Crippen LogP contribution in [-0.2, 0) is 6.42 Å². The zero-order chi connectivity index (χ0) is 26.4. The number of aromatic nitrogens is 6. The van der Waals surface area contributed by atoms with E-state index in [0.29, 0.717) is 46.2 Å². The molecule has 0 saturated carbocycles. The summed E-state index contributed by atoms with van der Waals surface area (Å²) in [6.07, 6.45) is 3.35. The Morgan fingerprint density at radius 1 is 1.08 bits per heavy atom. The van der Waals surface area contributed by atoms with Gasteiger partial charge in [-0.15, -0.1) is 5.10 Å². The van der Waals surface area contributed by atoms with E-state index in [2.05, 4.69) is 25.4 Å². The Kier molecular flexibility index (Phi) is 5.69. The number of nitrogens with zero attached hydrogens (tertiary/aromatic N) is 5. The van der Waals surface area contributed by atoms with Crippen LogP contribution in [0.5, 0.6) is 6.01 Å². The minimum Gasteiger partial charge on any atom is -0.478 e. The number of fused-ring (bicyclic) bond motifs is 1. The van der Waals surface area contributed by atoms with Crippen LogP contribution in [0.2, 0.25) is 5.02 Å². The molecule has 3 aromatic heterocycles. The molecule has 11 nitrogen and oxygen atoms in total. The van der Waals surface area contributed by atoms with Gasteiger partial charge in [0.15, 0.2) is 0 Å². The van der Waals surface area contributed by atoms with E-state index < -0.39 is 6.09 Å². The van der Waals surface area contributed by atoms with Crippen molar-refractivity contribution in [3.05, 3.63) is 94.0 Å². The first-order valence-electron chi connectivity index (χ1n) is 11.7. The molecule has 38 heavy (non-hydrogen) atoms. The van der Waals surface area contributed by atoms with Crippen molar-refractivity contribution >= 4 is 23.4 Å². The lowest BCUT2D eigenvalue weighted by Gasteiger charge is -2.15. The summed E-state index contributed by atoms with van der Waals surface area (Å²) >= 11 is 6.28. The van der Waals surface area contributed by atoms with Crippen molar-refractivity contribution in [1.82, 2.24) is 29.3 Å². The predicted octanol–water partition coefficient (Wildman–Crippen LogP) is 4.47. The van der Waals surface area contributed by atoms with Crippen LogP contribution in [-0.4, -0.2) is 45.6 Å². The van der Waals surface area contributed by atoms with Gasteiger partial charge in [0.2, 0.25) is 0 Å². The molecule has 1 aliphatic heterocycles. The Balaban J connectivity index is 1.33. The summed E-state index contributed by atoms with van der Waals surface area (Å²) in [4.78, 5) is 35.9. The second-order valence-electron chi connectivity index (χ2n) is 8.84. The van der Waals surface area contributed by atoms with Crippen LogP contribution in [0, 0.1) is 0 Å². The molecular formula is C26H20ClN7O4. The van der Waals surface area contributed by atoms with Gasteiger partial charge in [-0.05, 0) is 60.4 Å². The lowest BCUT2D eigenvalue weighted by atomic mass is 10.0. The Morgan fingerprint density at radius 2 is 1.89 bits per heavy atom. The number of carboxylic acid groups (broad SMARTS) is 1. The van der Waals surface area contributed by atoms with Gasteiger partial charge in [-0.1, -0.05) is 23.7 Å². The highest BCUT2D eigenvalue weighted by Gasteiger charge is 2.28. The van der Waals surface area contributed by atoms with E-state index in [4.69, 9.17) is 16.7 Å². The molecule has 1 amide bonds. The highest BCUT2D eigenvalue weighted by molar-refractivity contribution is 6.31. The summed E-state index contributed by atoms with van der Waals surface area (Å²) in [7, 11) is 0. The minimum absolute atomic E-state index is 0.172. The number of H-pyrrole nitrogens is 1. The van der Waals surface area contributed by atoms with Gasteiger partial charge in [0.05, 0.1) is 23.6 Å². The number of benzene rings is 2. The maximum absolute atomic E-state index is 13.4. The van der Waals surface area contributed by atoms with Crippen LogP contribution in [0.3, 0.4) is 0 Å². The van der Waals surface area contributed by atoms with E-state index in [1.165, 1.54) is 11.0 Å². The number of halogens is 1. The van der Waals surface area contributed by atoms with E-state index in [1.54, 1.807) is 59.3 Å². The van der Waals surface area contributed by atoms with Crippen LogP contribution in [0.15, 0.2) is 71.9 Å². The number of imidazole rings is 1. The fourth-order valence-corrected chi connectivity index (χ4v) is 5.00. The van der Waals surface area contributed by atoms with Crippen LogP contribution in [0.25, 0.3) is 28.1 Å². The third-order valence-electron chi connectivity index (χ3n) is 6.49. The van der Waals surface area contributed by atoms with Gasteiger partial charge in [-0.25, -0.2) is 14.5 Å². The molecule has 0 fully saturated rings. The van der Waals surface area contributed by atoms with Crippen molar-refractivity contribution in [2.75, 3.05) is 5.32 Å². The van der Waals surface area contributed by atoms with Crippen molar-refractivity contribution in [3.63, 3.8) is 0 Å². The molecule has 1 atom stereocenters. The number of carbonyl (C=O) groups is 1.